The highest BCUT2D eigenvalue weighted by atomic mass is 31.0. The maximum Gasteiger partial charge on any atom is -0.00212 e. The van der Waals surface area contributed by atoms with E-state index in [0.717, 1.165) is 0 Å². The van der Waals surface area contributed by atoms with Crippen molar-refractivity contribution in [3.63, 3.8) is 0 Å². The molecule has 0 heterocycles. The van der Waals surface area contributed by atoms with Gasteiger partial charge in [-0.1, -0.05) is 103 Å². The largest absolute Gasteiger partial charge is 0.105 e. The molecule has 0 aliphatic heterocycles. The molecule has 2 atom stereocenters. The molecule has 0 nitrogen and oxygen atoms in total. The quantitative estimate of drug-likeness (QED) is 0.305. The average molecular weight is 382 g/mol. The van der Waals surface area contributed by atoms with E-state index in [-0.39, 0.29) is 29.7 Å². The van der Waals surface area contributed by atoms with Crippen molar-refractivity contribution in [3.8, 4) is 11.1 Å². The molecule has 0 saturated heterocycles. The van der Waals surface area contributed by atoms with E-state index in [4.69, 9.17) is 0 Å². The van der Waals surface area contributed by atoms with Crippen LogP contribution in [0.5, 0.6) is 0 Å². The SMILES string of the molecule is C.C.C.C.Pc1ccc2ccccc2c1-c1c(P)ccc2ccccc12. The molecule has 4 aromatic rings. The first-order valence-corrected chi connectivity index (χ1v) is 8.46. The third-order valence-corrected chi connectivity index (χ3v) is 5.13. The van der Waals surface area contributed by atoms with Crippen LogP contribution in [0.1, 0.15) is 29.7 Å². The Balaban J connectivity index is 0.00000156. The van der Waals surface area contributed by atoms with Crippen LogP contribution in [0.15, 0.2) is 72.8 Å². The maximum absolute atomic E-state index is 2.90. The smallest absolute Gasteiger partial charge is 0.00212 e. The molecule has 0 spiro atoms. The molecule has 2 heteroatoms. The molecule has 0 amide bonds. The molecule has 0 N–H and O–H groups in total. The summed E-state index contributed by atoms with van der Waals surface area (Å²) in [4.78, 5) is 0. The van der Waals surface area contributed by atoms with Crippen molar-refractivity contribution in [2.75, 3.05) is 0 Å². The van der Waals surface area contributed by atoms with Gasteiger partial charge in [0.25, 0.3) is 0 Å². The molecular formula is C24H32P2. The summed E-state index contributed by atoms with van der Waals surface area (Å²) < 4.78 is 0. The lowest BCUT2D eigenvalue weighted by Gasteiger charge is -2.15. The minimum Gasteiger partial charge on any atom is -0.105 e. The fourth-order valence-corrected chi connectivity index (χ4v) is 3.93. The number of hydrogen-bond acceptors (Lipinski definition) is 0. The molecule has 0 fully saturated rings. The Labute approximate surface area is 164 Å². The standard InChI is InChI=1S/C20H16P2.4CH4/c21-17-11-9-13-5-1-3-7-15(13)19(17)20-16-8-4-2-6-14(16)10-12-18(20)22;;;;/h1-12H,21-22H2;4*1H4. The summed E-state index contributed by atoms with van der Waals surface area (Å²) in [5.41, 5.74) is 2.62. The van der Waals surface area contributed by atoms with E-state index in [1.54, 1.807) is 0 Å². The van der Waals surface area contributed by atoms with Gasteiger partial charge in [0, 0.05) is 0 Å². The van der Waals surface area contributed by atoms with Gasteiger partial charge in [-0.15, -0.1) is 18.5 Å². The molecule has 4 rings (SSSR count). The zero-order valence-corrected chi connectivity index (χ0v) is 14.4. The van der Waals surface area contributed by atoms with E-state index < -0.39 is 0 Å². The Morgan fingerprint density at radius 2 is 0.769 bits per heavy atom. The molecule has 0 aromatic heterocycles. The zero-order chi connectivity index (χ0) is 15.1. The second kappa shape index (κ2) is 9.82. The van der Waals surface area contributed by atoms with E-state index in [2.05, 4.69) is 91.3 Å². The summed E-state index contributed by atoms with van der Waals surface area (Å²) in [6.07, 6.45) is 0. The molecule has 0 saturated carbocycles. The van der Waals surface area contributed by atoms with Crippen molar-refractivity contribution in [2.45, 2.75) is 29.7 Å². The summed E-state index contributed by atoms with van der Waals surface area (Å²) in [7, 11) is 5.79. The topological polar surface area (TPSA) is 0 Å². The van der Waals surface area contributed by atoms with Crippen LogP contribution in [0.2, 0.25) is 0 Å². The van der Waals surface area contributed by atoms with E-state index in [1.165, 1.54) is 43.3 Å². The summed E-state index contributed by atoms with van der Waals surface area (Å²) in [6, 6.07) is 26.0. The van der Waals surface area contributed by atoms with Crippen LogP contribution in [-0.4, -0.2) is 0 Å². The van der Waals surface area contributed by atoms with Crippen LogP contribution in [0.4, 0.5) is 0 Å². The minimum atomic E-state index is 0. The predicted molar refractivity (Wildman–Crippen MR) is 133 cm³/mol. The van der Waals surface area contributed by atoms with Crippen LogP contribution in [0.25, 0.3) is 32.7 Å². The average Bonchev–Trinajstić information content (AvgIpc) is 2.56. The van der Waals surface area contributed by atoms with Gasteiger partial charge in [0.05, 0.1) is 0 Å². The fraction of sp³-hybridized carbons (Fsp3) is 0.167. The Bertz CT molecular complexity index is 920. The van der Waals surface area contributed by atoms with Gasteiger partial charge in [0.2, 0.25) is 0 Å². The van der Waals surface area contributed by atoms with Crippen molar-refractivity contribution in [1.82, 2.24) is 0 Å². The van der Waals surface area contributed by atoms with E-state index in [1.807, 2.05) is 0 Å². The van der Waals surface area contributed by atoms with E-state index >= 15 is 0 Å². The molecule has 138 valence electrons. The van der Waals surface area contributed by atoms with Gasteiger partial charge in [-0.05, 0) is 43.3 Å². The third-order valence-electron chi connectivity index (χ3n) is 4.17. The van der Waals surface area contributed by atoms with Gasteiger partial charge in [-0.3, -0.25) is 0 Å². The van der Waals surface area contributed by atoms with Crippen LogP contribution >= 0.6 is 18.5 Å². The number of fused-ring (bicyclic) bond motifs is 2. The van der Waals surface area contributed by atoms with Crippen molar-refractivity contribution >= 4 is 50.6 Å². The predicted octanol–water partition coefficient (Wildman–Crippen LogP) is 7.21. The Hall–Kier alpha value is -1.74. The maximum atomic E-state index is 2.90. The highest BCUT2D eigenvalue weighted by Gasteiger charge is 2.13. The summed E-state index contributed by atoms with van der Waals surface area (Å²) in [5, 5.41) is 7.63. The summed E-state index contributed by atoms with van der Waals surface area (Å²) in [6.45, 7) is 0. The van der Waals surface area contributed by atoms with Crippen molar-refractivity contribution in [3.05, 3.63) is 72.8 Å². The zero-order valence-electron chi connectivity index (χ0n) is 12.1. The van der Waals surface area contributed by atoms with E-state index in [0.29, 0.717) is 0 Å². The first kappa shape index (κ1) is 24.3. The van der Waals surface area contributed by atoms with Crippen LogP contribution < -0.4 is 10.6 Å². The normalized spacial score (nSPS) is 9.46. The molecule has 0 aliphatic rings. The first-order chi connectivity index (χ1) is 10.8. The number of hydrogen-bond donors (Lipinski definition) is 0. The third kappa shape index (κ3) is 3.98. The molecule has 0 radical (unpaired) electrons. The Morgan fingerprint density at radius 3 is 1.15 bits per heavy atom. The molecule has 4 aromatic carbocycles. The number of rotatable bonds is 1. The lowest BCUT2D eigenvalue weighted by atomic mass is 9.94. The Kier molecular flexibility index (Phi) is 9.16. The molecule has 26 heavy (non-hydrogen) atoms. The Morgan fingerprint density at radius 1 is 0.423 bits per heavy atom. The van der Waals surface area contributed by atoms with Crippen LogP contribution in [-0.2, 0) is 0 Å². The van der Waals surface area contributed by atoms with Gasteiger partial charge in [0.1, 0.15) is 0 Å². The number of benzene rings is 4. The lowest BCUT2D eigenvalue weighted by Crippen LogP contribution is -2.05. The molecule has 0 bridgehead atoms. The lowest BCUT2D eigenvalue weighted by molar-refractivity contribution is 1.74. The van der Waals surface area contributed by atoms with Crippen molar-refractivity contribution in [2.24, 2.45) is 0 Å². The monoisotopic (exact) mass is 382 g/mol. The summed E-state index contributed by atoms with van der Waals surface area (Å²) >= 11 is 0. The van der Waals surface area contributed by atoms with Gasteiger partial charge < -0.3 is 0 Å². The van der Waals surface area contributed by atoms with Crippen LogP contribution in [0, 0.1) is 0 Å². The van der Waals surface area contributed by atoms with Crippen LogP contribution in [0.3, 0.4) is 0 Å². The van der Waals surface area contributed by atoms with Gasteiger partial charge in [0.15, 0.2) is 0 Å². The van der Waals surface area contributed by atoms with Gasteiger partial charge >= 0.3 is 0 Å². The fourth-order valence-electron chi connectivity index (χ4n) is 3.13. The van der Waals surface area contributed by atoms with E-state index in [9.17, 15) is 0 Å². The molecule has 2 unspecified atom stereocenters. The molecule has 0 aliphatic carbocycles. The minimum absolute atomic E-state index is 0. The van der Waals surface area contributed by atoms with Crippen molar-refractivity contribution < 1.29 is 0 Å². The van der Waals surface area contributed by atoms with Gasteiger partial charge in [-0.2, -0.15) is 0 Å². The highest BCUT2D eigenvalue weighted by Crippen LogP contribution is 2.33. The summed E-state index contributed by atoms with van der Waals surface area (Å²) in [5.74, 6) is 0. The highest BCUT2D eigenvalue weighted by molar-refractivity contribution is 7.29. The second-order valence-electron chi connectivity index (χ2n) is 5.50. The first-order valence-electron chi connectivity index (χ1n) is 7.30. The molecular weight excluding hydrogens is 350 g/mol. The van der Waals surface area contributed by atoms with Gasteiger partial charge in [-0.25, -0.2) is 0 Å². The second-order valence-corrected chi connectivity index (χ2v) is 6.75. The van der Waals surface area contributed by atoms with Crippen molar-refractivity contribution in [1.29, 1.82) is 0 Å².